The van der Waals surface area contributed by atoms with Crippen LogP contribution in [0.25, 0.3) is 0 Å². The van der Waals surface area contributed by atoms with E-state index in [9.17, 15) is 18.7 Å². The molecular formula is C19H21F2NO3. The third-order valence-electron chi connectivity index (χ3n) is 4.17. The van der Waals surface area contributed by atoms with Gasteiger partial charge in [0.2, 0.25) is 5.91 Å². The van der Waals surface area contributed by atoms with Gasteiger partial charge in [-0.2, -0.15) is 0 Å². The van der Waals surface area contributed by atoms with Crippen molar-refractivity contribution in [1.29, 1.82) is 0 Å². The predicted octanol–water partition coefficient (Wildman–Crippen LogP) is 3.10. The van der Waals surface area contributed by atoms with Gasteiger partial charge in [-0.25, -0.2) is 8.78 Å². The van der Waals surface area contributed by atoms with Gasteiger partial charge in [-0.15, -0.1) is 0 Å². The lowest BCUT2D eigenvalue weighted by atomic mass is 10.0. The van der Waals surface area contributed by atoms with Gasteiger partial charge >= 0.3 is 0 Å². The second-order valence-corrected chi connectivity index (χ2v) is 5.69. The Balaban J connectivity index is 2.04. The molecule has 1 amide bonds. The van der Waals surface area contributed by atoms with Crippen molar-refractivity contribution in [1.82, 2.24) is 4.90 Å². The maximum atomic E-state index is 13.7. The third-order valence-corrected chi connectivity index (χ3v) is 4.17. The van der Waals surface area contributed by atoms with Crippen LogP contribution in [0.5, 0.6) is 5.75 Å². The summed E-state index contributed by atoms with van der Waals surface area (Å²) in [5.74, 6) is -1.44. The van der Waals surface area contributed by atoms with Gasteiger partial charge in [-0.05, 0) is 35.7 Å². The van der Waals surface area contributed by atoms with Crippen molar-refractivity contribution >= 4 is 5.91 Å². The van der Waals surface area contributed by atoms with E-state index in [-0.39, 0.29) is 30.9 Å². The molecule has 134 valence electrons. The van der Waals surface area contributed by atoms with Gasteiger partial charge in [0, 0.05) is 13.5 Å². The normalized spacial score (nSPS) is 11.9. The lowest BCUT2D eigenvalue weighted by Crippen LogP contribution is -2.33. The number of halogens is 2. The third kappa shape index (κ3) is 4.54. The van der Waals surface area contributed by atoms with Crippen LogP contribution in [0.1, 0.15) is 23.6 Å². The van der Waals surface area contributed by atoms with E-state index in [1.54, 1.807) is 38.4 Å². The zero-order valence-electron chi connectivity index (χ0n) is 14.2. The maximum Gasteiger partial charge on any atom is 0.223 e. The van der Waals surface area contributed by atoms with Crippen molar-refractivity contribution in [2.75, 3.05) is 20.8 Å². The quantitative estimate of drug-likeness (QED) is 0.836. The number of methoxy groups -OCH3 is 1. The molecule has 0 aliphatic carbocycles. The number of likely N-dealkylation sites (N-methyl/N-ethyl adjacent to an activating group) is 1. The first kappa shape index (κ1) is 18.9. The van der Waals surface area contributed by atoms with Crippen LogP contribution in [0, 0.1) is 11.6 Å². The zero-order valence-corrected chi connectivity index (χ0v) is 14.2. The largest absolute Gasteiger partial charge is 0.497 e. The van der Waals surface area contributed by atoms with Crippen LogP contribution >= 0.6 is 0 Å². The molecule has 2 rings (SSSR count). The Morgan fingerprint density at radius 1 is 1.20 bits per heavy atom. The molecule has 0 aliphatic rings. The van der Waals surface area contributed by atoms with Crippen LogP contribution in [0.3, 0.4) is 0 Å². The minimum absolute atomic E-state index is 0.0174. The van der Waals surface area contributed by atoms with Crippen LogP contribution in [0.4, 0.5) is 8.78 Å². The number of hydrogen-bond donors (Lipinski definition) is 1. The van der Waals surface area contributed by atoms with Gasteiger partial charge in [0.1, 0.15) is 5.75 Å². The van der Waals surface area contributed by atoms with Gasteiger partial charge in [-0.1, -0.05) is 24.3 Å². The number of ether oxygens (including phenoxy) is 1. The summed E-state index contributed by atoms with van der Waals surface area (Å²) < 4.78 is 32.0. The molecule has 0 fully saturated rings. The fraction of sp³-hybridized carbons (Fsp3) is 0.316. The van der Waals surface area contributed by atoms with E-state index >= 15 is 0 Å². The Bertz CT molecular complexity index is 719. The van der Waals surface area contributed by atoms with Crippen LogP contribution in [0.15, 0.2) is 42.5 Å². The number of amides is 1. The molecule has 0 saturated heterocycles. The van der Waals surface area contributed by atoms with Gasteiger partial charge in [0.15, 0.2) is 11.6 Å². The molecule has 0 aliphatic heterocycles. The molecule has 1 atom stereocenters. The Morgan fingerprint density at radius 3 is 2.48 bits per heavy atom. The highest BCUT2D eigenvalue weighted by molar-refractivity contribution is 5.76. The highest BCUT2D eigenvalue weighted by Crippen LogP contribution is 2.23. The van der Waals surface area contributed by atoms with Crippen molar-refractivity contribution in [2.45, 2.75) is 18.9 Å². The molecule has 0 heterocycles. The highest BCUT2D eigenvalue weighted by atomic mass is 19.2. The molecule has 2 aromatic carbocycles. The van der Waals surface area contributed by atoms with Gasteiger partial charge in [-0.3, -0.25) is 4.79 Å². The number of carbonyl (C=O) groups is 1. The first-order chi connectivity index (χ1) is 12.0. The standard InChI is InChI=1S/C19H21F2NO3/c1-22(17(12-23)13-6-9-15(25-2)10-7-13)18(24)11-8-14-4-3-5-16(20)19(14)21/h3-7,9-10,17,23H,8,11-12H2,1-2H3. The van der Waals surface area contributed by atoms with E-state index in [1.807, 2.05) is 0 Å². The second kappa shape index (κ2) is 8.58. The summed E-state index contributed by atoms with van der Waals surface area (Å²) in [6, 6.07) is 10.4. The van der Waals surface area contributed by atoms with Gasteiger partial charge in [0.25, 0.3) is 0 Å². The Hall–Kier alpha value is -2.47. The number of benzene rings is 2. The summed E-state index contributed by atoms with van der Waals surface area (Å²) in [6.45, 7) is -0.247. The zero-order chi connectivity index (χ0) is 18.4. The minimum atomic E-state index is -0.926. The molecule has 0 aromatic heterocycles. The minimum Gasteiger partial charge on any atom is -0.497 e. The molecule has 1 unspecified atom stereocenters. The summed E-state index contributed by atoms with van der Waals surface area (Å²) in [5, 5.41) is 9.66. The van der Waals surface area contributed by atoms with E-state index in [2.05, 4.69) is 0 Å². The second-order valence-electron chi connectivity index (χ2n) is 5.69. The van der Waals surface area contributed by atoms with Crippen LogP contribution < -0.4 is 4.74 Å². The number of rotatable bonds is 7. The highest BCUT2D eigenvalue weighted by Gasteiger charge is 2.21. The van der Waals surface area contributed by atoms with Crippen molar-refractivity contribution in [3.63, 3.8) is 0 Å². The SMILES string of the molecule is COc1ccc(C(CO)N(C)C(=O)CCc2cccc(F)c2F)cc1. The lowest BCUT2D eigenvalue weighted by Gasteiger charge is -2.27. The monoisotopic (exact) mass is 349 g/mol. The molecule has 0 spiro atoms. The average Bonchev–Trinajstić information content (AvgIpc) is 2.63. The van der Waals surface area contributed by atoms with Crippen LogP contribution in [0.2, 0.25) is 0 Å². The van der Waals surface area contributed by atoms with Crippen molar-refractivity contribution < 1.29 is 23.4 Å². The van der Waals surface area contributed by atoms with Gasteiger partial charge < -0.3 is 14.7 Å². The molecule has 0 bridgehead atoms. The van der Waals surface area contributed by atoms with E-state index in [0.29, 0.717) is 5.75 Å². The summed E-state index contributed by atoms with van der Waals surface area (Å²) in [7, 11) is 3.13. The van der Waals surface area contributed by atoms with Gasteiger partial charge in [0.05, 0.1) is 19.8 Å². The Morgan fingerprint density at radius 2 is 1.88 bits per heavy atom. The van der Waals surface area contributed by atoms with E-state index in [1.165, 1.54) is 17.0 Å². The average molecular weight is 349 g/mol. The van der Waals surface area contributed by atoms with Crippen LogP contribution in [-0.4, -0.2) is 36.7 Å². The maximum absolute atomic E-state index is 13.7. The first-order valence-corrected chi connectivity index (χ1v) is 7.91. The number of aryl methyl sites for hydroxylation is 1. The van der Waals surface area contributed by atoms with Crippen molar-refractivity contribution in [3.05, 3.63) is 65.2 Å². The van der Waals surface area contributed by atoms with E-state index in [4.69, 9.17) is 4.74 Å². The summed E-state index contributed by atoms with van der Waals surface area (Å²) in [5.41, 5.74) is 0.919. The molecule has 6 heteroatoms. The summed E-state index contributed by atoms with van der Waals surface area (Å²) in [4.78, 5) is 13.8. The van der Waals surface area contributed by atoms with E-state index in [0.717, 1.165) is 11.6 Å². The molecule has 0 radical (unpaired) electrons. The number of aliphatic hydroxyl groups is 1. The number of carbonyl (C=O) groups excluding carboxylic acids is 1. The van der Waals surface area contributed by atoms with Crippen molar-refractivity contribution in [2.24, 2.45) is 0 Å². The summed E-state index contributed by atoms with van der Waals surface area (Å²) >= 11 is 0. The molecular weight excluding hydrogens is 328 g/mol. The first-order valence-electron chi connectivity index (χ1n) is 7.91. The van der Waals surface area contributed by atoms with Crippen molar-refractivity contribution in [3.8, 4) is 5.75 Å². The molecule has 2 aromatic rings. The lowest BCUT2D eigenvalue weighted by molar-refractivity contribution is -0.132. The number of aliphatic hydroxyl groups excluding tert-OH is 1. The van der Waals surface area contributed by atoms with E-state index < -0.39 is 17.7 Å². The fourth-order valence-electron chi connectivity index (χ4n) is 2.61. The number of nitrogens with zero attached hydrogens (tertiary/aromatic N) is 1. The Kier molecular flexibility index (Phi) is 6.47. The molecule has 4 nitrogen and oxygen atoms in total. The number of hydrogen-bond acceptors (Lipinski definition) is 3. The molecule has 25 heavy (non-hydrogen) atoms. The van der Waals surface area contributed by atoms with Crippen LogP contribution in [-0.2, 0) is 11.2 Å². The fourth-order valence-corrected chi connectivity index (χ4v) is 2.61. The topological polar surface area (TPSA) is 49.8 Å². The molecule has 0 saturated carbocycles. The predicted molar refractivity (Wildman–Crippen MR) is 90.3 cm³/mol. The molecule has 1 N–H and O–H groups in total. The smallest absolute Gasteiger partial charge is 0.223 e. The summed E-state index contributed by atoms with van der Waals surface area (Å²) in [6.07, 6.45) is 0.108. The Labute approximate surface area is 145 Å².